The molecule has 3 aromatic rings. The minimum absolute atomic E-state index is 0.396. The van der Waals surface area contributed by atoms with Crippen LogP contribution in [0.3, 0.4) is 0 Å². The molecule has 3 rings (SSSR count). The Kier molecular flexibility index (Phi) is 3.96. The fourth-order valence-corrected chi connectivity index (χ4v) is 2.33. The highest BCUT2D eigenvalue weighted by atomic mass is 16.5. The number of ether oxygens (including phenoxy) is 1. The number of benzene rings is 1. The van der Waals surface area contributed by atoms with Crippen LogP contribution in [0.4, 0.5) is 0 Å². The Balaban J connectivity index is 1.98. The maximum atomic E-state index is 11.7. The van der Waals surface area contributed by atoms with E-state index in [4.69, 9.17) is 4.74 Å². The highest BCUT2D eigenvalue weighted by molar-refractivity contribution is 5.87. The first kappa shape index (κ1) is 14.0. The fourth-order valence-electron chi connectivity index (χ4n) is 2.33. The quantitative estimate of drug-likeness (QED) is 0.694. The summed E-state index contributed by atoms with van der Waals surface area (Å²) in [7, 11) is 1.36. The predicted molar refractivity (Wildman–Crippen MR) is 82.3 cm³/mol. The Hall–Kier alpha value is -2.95. The number of hydrogen-bond donors (Lipinski definition) is 0. The van der Waals surface area contributed by atoms with Crippen LogP contribution >= 0.6 is 0 Å². The van der Waals surface area contributed by atoms with E-state index in [-0.39, 0.29) is 0 Å². The topological polar surface area (TPSA) is 57.0 Å². The van der Waals surface area contributed by atoms with Crippen molar-refractivity contribution >= 4 is 5.97 Å². The van der Waals surface area contributed by atoms with Crippen molar-refractivity contribution in [1.29, 1.82) is 0 Å². The van der Waals surface area contributed by atoms with Crippen LogP contribution in [0.15, 0.2) is 61.2 Å². The van der Waals surface area contributed by atoms with Gasteiger partial charge in [-0.1, -0.05) is 30.3 Å². The number of rotatable bonds is 4. The summed E-state index contributed by atoms with van der Waals surface area (Å²) in [5, 5.41) is 0. The Bertz CT molecular complexity index is 781. The summed E-state index contributed by atoms with van der Waals surface area (Å²) >= 11 is 0. The average Bonchev–Trinajstić information content (AvgIpc) is 3.03. The van der Waals surface area contributed by atoms with Crippen LogP contribution in [0.5, 0.6) is 0 Å². The smallest absolute Gasteiger partial charge is 0.356 e. The second-order valence-corrected chi connectivity index (χ2v) is 4.77. The molecule has 0 unspecified atom stereocenters. The van der Waals surface area contributed by atoms with Crippen molar-refractivity contribution in [3.8, 4) is 11.3 Å². The standard InChI is InChI=1S/C17H15N3O2/c1-22-17(21)16-10-18-12-20(16)11-13-6-2-3-7-14(13)15-8-4-5-9-19-15/h2-10,12H,11H2,1H3. The second-order valence-electron chi connectivity index (χ2n) is 4.77. The first-order chi connectivity index (χ1) is 10.8. The van der Waals surface area contributed by atoms with Crippen LogP contribution < -0.4 is 0 Å². The molecule has 0 saturated carbocycles. The van der Waals surface area contributed by atoms with Gasteiger partial charge in [0, 0.05) is 18.3 Å². The molecule has 110 valence electrons. The molecule has 1 aromatic carbocycles. The van der Waals surface area contributed by atoms with E-state index in [1.807, 2.05) is 42.5 Å². The van der Waals surface area contributed by atoms with Crippen molar-refractivity contribution < 1.29 is 9.53 Å². The lowest BCUT2D eigenvalue weighted by molar-refractivity contribution is 0.0589. The minimum Gasteiger partial charge on any atom is -0.464 e. The SMILES string of the molecule is COC(=O)c1cncn1Cc1ccccc1-c1ccccn1. The molecule has 0 fully saturated rings. The normalized spacial score (nSPS) is 10.4. The van der Waals surface area contributed by atoms with Crippen LogP contribution in [0.2, 0.25) is 0 Å². The molecule has 0 bridgehead atoms. The largest absolute Gasteiger partial charge is 0.464 e. The lowest BCUT2D eigenvalue weighted by Gasteiger charge is -2.11. The van der Waals surface area contributed by atoms with Gasteiger partial charge in [0.25, 0.3) is 0 Å². The Morgan fingerprint density at radius 3 is 2.77 bits per heavy atom. The van der Waals surface area contributed by atoms with Gasteiger partial charge in [0.2, 0.25) is 0 Å². The first-order valence-corrected chi connectivity index (χ1v) is 6.87. The van der Waals surface area contributed by atoms with E-state index in [0.717, 1.165) is 16.8 Å². The molecule has 2 heterocycles. The molecule has 0 radical (unpaired) electrons. The molecule has 22 heavy (non-hydrogen) atoms. The molecule has 0 saturated heterocycles. The number of esters is 1. The molecule has 0 aliphatic carbocycles. The van der Waals surface area contributed by atoms with Gasteiger partial charge in [-0.2, -0.15) is 0 Å². The summed E-state index contributed by atoms with van der Waals surface area (Å²) in [6.07, 6.45) is 4.90. The number of carbonyl (C=O) groups is 1. The summed E-state index contributed by atoms with van der Waals surface area (Å²) in [5.41, 5.74) is 3.42. The molecule has 0 N–H and O–H groups in total. The number of aromatic nitrogens is 3. The predicted octanol–water partition coefficient (Wildman–Crippen LogP) is 2.78. The van der Waals surface area contributed by atoms with E-state index in [1.165, 1.54) is 13.3 Å². The van der Waals surface area contributed by atoms with Crippen LogP contribution in [-0.4, -0.2) is 27.6 Å². The third kappa shape index (κ3) is 2.74. The van der Waals surface area contributed by atoms with Crippen molar-refractivity contribution in [3.63, 3.8) is 0 Å². The maximum absolute atomic E-state index is 11.7. The zero-order chi connectivity index (χ0) is 15.4. The highest BCUT2D eigenvalue weighted by Gasteiger charge is 2.13. The van der Waals surface area contributed by atoms with E-state index < -0.39 is 5.97 Å². The molecule has 2 aromatic heterocycles. The Morgan fingerprint density at radius 2 is 2.00 bits per heavy atom. The van der Waals surface area contributed by atoms with Crippen LogP contribution in [0.1, 0.15) is 16.1 Å². The van der Waals surface area contributed by atoms with Crippen molar-refractivity contribution in [3.05, 3.63) is 72.4 Å². The summed E-state index contributed by atoms with van der Waals surface area (Å²) < 4.78 is 6.55. The number of pyridine rings is 1. The summed E-state index contributed by atoms with van der Waals surface area (Å²) in [6.45, 7) is 0.525. The summed E-state index contributed by atoms with van der Waals surface area (Å²) in [6, 6.07) is 13.8. The zero-order valence-electron chi connectivity index (χ0n) is 12.1. The van der Waals surface area contributed by atoms with E-state index in [9.17, 15) is 4.79 Å². The van der Waals surface area contributed by atoms with E-state index >= 15 is 0 Å². The molecule has 0 aliphatic heterocycles. The van der Waals surface area contributed by atoms with Crippen molar-refractivity contribution in [2.45, 2.75) is 6.54 Å². The van der Waals surface area contributed by atoms with Crippen molar-refractivity contribution in [2.24, 2.45) is 0 Å². The minimum atomic E-state index is -0.396. The number of carbonyl (C=O) groups excluding carboxylic acids is 1. The van der Waals surface area contributed by atoms with Gasteiger partial charge in [-0.15, -0.1) is 0 Å². The number of nitrogens with zero attached hydrogens (tertiary/aromatic N) is 3. The molecular weight excluding hydrogens is 278 g/mol. The third-order valence-electron chi connectivity index (χ3n) is 3.41. The third-order valence-corrected chi connectivity index (χ3v) is 3.41. The van der Waals surface area contributed by atoms with Gasteiger partial charge in [-0.05, 0) is 17.7 Å². The highest BCUT2D eigenvalue weighted by Crippen LogP contribution is 2.22. The molecule has 0 amide bonds. The Labute approximate surface area is 128 Å². The zero-order valence-corrected chi connectivity index (χ0v) is 12.1. The van der Waals surface area contributed by atoms with Gasteiger partial charge >= 0.3 is 5.97 Å². The van der Waals surface area contributed by atoms with Gasteiger partial charge in [0.15, 0.2) is 0 Å². The molecular formula is C17H15N3O2. The molecule has 0 spiro atoms. The maximum Gasteiger partial charge on any atom is 0.356 e. The second kappa shape index (κ2) is 6.22. The molecule has 0 aliphatic rings. The summed E-state index contributed by atoms with van der Waals surface area (Å²) in [4.78, 5) is 20.2. The number of methoxy groups -OCH3 is 1. The van der Waals surface area contributed by atoms with E-state index in [1.54, 1.807) is 17.1 Å². The monoisotopic (exact) mass is 293 g/mol. The van der Waals surface area contributed by atoms with Gasteiger partial charge < -0.3 is 9.30 Å². The van der Waals surface area contributed by atoms with Gasteiger partial charge in [0.1, 0.15) is 5.69 Å². The Morgan fingerprint density at radius 1 is 1.18 bits per heavy atom. The lowest BCUT2D eigenvalue weighted by atomic mass is 10.0. The van der Waals surface area contributed by atoms with Gasteiger partial charge in [0.05, 0.1) is 25.3 Å². The molecule has 5 nitrogen and oxygen atoms in total. The van der Waals surface area contributed by atoms with E-state index in [0.29, 0.717) is 12.2 Å². The first-order valence-electron chi connectivity index (χ1n) is 6.87. The van der Waals surface area contributed by atoms with Gasteiger partial charge in [-0.25, -0.2) is 9.78 Å². The van der Waals surface area contributed by atoms with Crippen LogP contribution in [0.25, 0.3) is 11.3 Å². The fraction of sp³-hybridized carbons (Fsp3) is 0.118. The van der Waals surface area contributed by atoms with Crippen molar-refractivity contribution in [1.82, 2.24) is 14.5 Å². The lowest BCUT2D eigenvalue weighted by Crippen LogP contribution is -2.11. The van der Waals surface area contributed by atoms with Crippen molar-refractivity contribution in [2.75, 3.05) is 7.11 Å². The molecule has 0 atom stereocenters. The average molecular weight is 293 g/mol. The van der Waals surface area contributed by atoms with Crippen LogP contribution in [0, 0.1) is 0 Å². The number of hydrogen-bond acceptors (Lipinski definition) is 4. The van der Waals surface area contributed by atoms with E-state index in [2.05, 4.69) is 9.97 Å². The summed E-state index contributed by atoms with van der Waals surface area (Å²) in [5.74, 6) is -0.396. The van der Waals surface area contributed by atoms with Crippen LogP contribution in [-0.2, 0) is 11.3 Å². The van der Waals surface area contributed by atoms with Gasteiger partial charge in [-0.3, -0.25) is 4.98 Å². The number of imidazole rings is 1. The molecule has 5 heteroatoms.